The van der Waals surface area contributed by atoms with E-state index in [1.807, 2.05) is 66.9 Å². The maximum absolute atomic E-state index is 9.34. The van der Waals surface area contributed by atoms with Crippen LogP contribution in [-0.4, -0.2) is 9.97 Å². The number of nitrogens with zero attached hydrogens (tertiary/aromatic N) is 3. The Labute approximate surface area is 325 Å². The summed E-state index contributed by atoms with van der Waals surface area (Å²) in [6.07, 6.45) is 3.12. The maximum Gasteiger partial charge on any atom is 0.128 e. The minimum absolute atomic E-state index is 0. The number of nitriles is 1. The van der Waals surface area contributed by atoms with Gasteiger partial charge >= 0.3 is 0 Å². The number of pyridine rings is 2. The van der Waals surface area contributed by atoms with E-state index in [0.29, 0.717) is 22.4 Å². The van der Waals surface area contributed by atoms with E-state index in [-0.39, 0.29) is 53.3 Å². The largest absolute Gasteiger partial charge is 0.500 e. The van der Waals surface area contributed by atoms with Crippen molar-refractivity contribution in [3.05, 3.63) is 155 Å². The first kappa shape index (κ1) is 25.5. The molecule has 4 nitrogen and oxygen atoms in total. The van der Waals surface area contributed by atoms with Crippen molar-refractivity contribution in [1.82, 2.24) is 9.97 Å². The van der Waals surface area contributed by atoms with E-state index >= 15 is 0 Å². The van der Waals surface area contributed by atoms with Gasteiger partial charge in [0.2, 0.25) is 0 Å². The zero-order chi connectivity index (χ0) is 42.5. The van der Waals surface area contributed by atoms with E-state index in [0.717, 1.165) is 38.4 Å². The van der Waals surface area contributed by atoms with Crippen molar-refractivity contribution in [1.29, 1.82) is 5.26 Å². The van der Waals surface area contributed by atoms with Crippen LogP contribution in [0.25, 0.3) is 66.4 Å². The van der Waals surface area contributed by atoms with E-state index in [1.165, 1.54) is 36.0 Å². The summed E-state index contributed by atoms with van der Waals surface area (Å²) in [7, 11) is 0. The molecule has 0 spiro atoms. The van der Waals surface area contributed by atoms with Gasteiger partial charge in [0.25, 0.3) is 0 Å². The first-order valence-electron chi connectivity index (χ1n) is 20.5. The second kappa shape index (κ2) is 14.4. The molecule has 0 N–H and O–H groups in total. The van der Waals surface area contributed by atoms with Crippen LogP contribution in [0.3, 0.4) is 0 Å². The van der Waals surface area contributed by atoms with Crippen molar-refractivity contribution in [2.45, 2.75) is 46.7 Å². The van der Waals surface area contributed by atoms with E-state index in [9.17, 15) is 5.26 Å². The first-order valence-corrected chi connectivity index (χ1v) is 16.0. The van der Waals surface area contributed by atoms with Gasteiger partial charge in [-0.25, -0.2) is 0 Å². The third kappa shape index (κ3) is 7.12. The van der Waals surface area contributed by atoms with Gasteiger partial charge in [-0.15, -0.1) is 53.6 Å². The molecule has 0 amide bonds. The van der Waals surface area contributed by atoms with Crippen LogP contribution in [-0.2, 0) is 25.5 Å². The van der Waals surface area contributed by atoms with Crippen molar-refractivity contribution in [3.63, 3.8) is 0 Å². The molecule has 0 saturated carbocycles. The molecule has 5 aromatic carbocycles. The normalized spacial score (nSPS) is 14.5. The average Bonchev–Trinajstić information content (AvgIpc) is 3.59. The molecule has 1 radical (unpaired) electrons. The minimum atomic E-state index is -2.58. The third-order valence-corrected chi connectivity index (χ3v) is 8.64. The summed E-state index contributed by atoms with van der Waals surface area (Å²) in [6.45, 7) is -0.806. The summed E-state index contributed by atoms with van der Waals surface area (Å²) < 4.78 is 76.9. The Morgan fingerprint density at radius 1 is 0.725 bits per heavy atom. The summed E-state index contributed by atoms with van der Waals surface area (Å²) in [5, 5.41) is 13.1. The van der Waals surface area contributed by atoms with Crippen LogP contribution in [0.1, 0.15) is 60.9 Å². The van der Waals surface area contributed by atoms with Gasteiger partial charge in [0.15, 0.2) is 0 Å². The Kier molecular flexibility index (Phi) is 7.23. The molecule has 253 valence electrons. The Morgan fingerprint density at radius 2 is 1.55 bits per heavy atom. The molecule has 0 aliphatic rings. The second-order valence-electron chi connectivity index (χ2n) is 13.0. The van der Waals surface area contributed by atoms with Crippen LogP contribution in [0.5, 0.6) is 0 Å². The topological polar surface area (TPSA) is 62.7 Å². The van der Waals surface area contributed by atoms with Crippen molar-refractivity contribution >= 4 is 32.7 Å². The Bertz CT molecular complexity index is 2830. The molecule has 0 saturated heterocycles. The van der Waals surface area contributed by atoms with E-state index < -0.39 is 20.6 Å². The molecule has 0 atom stereocenters. The second-order valence-corrected chi connectivity index (χ2v) is 13.0. The van der Waals surface area contributed by atoms with Crippen LogP contribution in [0.15, 0.2) is 120 Å². The SMILES string of the molecule is [2H]C([2H])([2H])c1c[c-]c(-c2ccc(C(C)(C)C)cn2)cc1.[2H]C([2H])([2H])c1cnc(-c2[c-]ccc3c2oc2c4ccccc4ccc32)cc1-c1ccc(C#N)cc1C([2H])([2H])[2H].[Ir]. The van der Waals surface area contributed by atoms with Crippen LogP contribution in [0.4, 0.5) is 0 Å². The quantitative estimate of drug-likeness (QED) is 0.166. The molecular formula is C46H37IrN3O-2. The van der Waals surface area contributed by atoms with Crippen molar-refractivity contribution in [2.75, 3.05) is 0 Å². The average molecular weight is 849 g/mol. The fourth-order valence-corrected chi connectivity index (χ4v) is 5.90. The van der Waals surface area contributed by atoms with Crippen molar-refractivity contribution in [2.24, 2.45) is 0 Å². The molecule has 51 heavy (non-hydrogen) atoms. The molecular weight excluding hydrogens is 803 g/mol. The number of hydrogen-bond acceptors (Lipinski definition) is 4. The molecule has 8 rings (SSSR count). The van der Waals surface area contributed by atoms with Crippen LogP contribution in [0.2, 0.25) is 0 Å². The smallest absolute Gasteiger partial charge is 0.128 e. The monoisotopic (exact) mass is 849 g/mol. The fraction of sp³-hybridized carbons (Fsp3) is 0.152. The first-order chi connectivity index (χ1) is 27.7. The molecule has 0 bridgehead atoms. The molecule has 0 aliphatic carbocycles. The van der Waals surface area contributed by atoms with E-state index in [4.69, 9.17) is 16.8 Å². The van der Waals surface area contributed by atoms with Gasteiger partial charge in [0.05, 0.1) is 17.2 Å². The van der Waals surface area contributed by atoms with Crippen molar-refractivity contribution < 1.29 is 36.9 Å². The Balaban J connectivity index is 0.000000243. The van der Waals surface area contributed by atoms with E-state index in [2.05, 4.69) is 42.9 Å². The number of aryl methyl sites for hydroxylation is 3. The number of benzene rings is 5. The zero-order valence-electron chi connectivity index (χ0n) is 37.1. The van der Waals surface area contributed by atoms with Gasteiger partial charge in [0, 0.05) is 55.6 Å². The molecule has 0 unspecified atom stereocenters. The predicted molar refractivity (Wildman–Crippen MR) is 205 cm³/mol. The van der Waals surface area contributed by atoms with Crippen LogP contribution < -0.4 is 0 Å². The Morgan fingerprint density at radius 3 is 2.27 bits per heavy atom. The number of hydrogen-bond donors (Lipinski definition) is 0. The zero-order valence-corrected chi connectivity index (χ0v) is 30.4. The molecule has 8 aromatic rings. The summed E-state index contributed by atoms with van der Waals surface area (Å²) in [4.78, 5) is 8.90. The van der Waals surface area contributed by atoms with Gasteiger partial charge in [-0.2, -0.15) is 5.26 Å². The molecule has 3 aromatic heterocycles. The molecule has 3 heterocycles. The van der Waals surface area contributed by atoms with Crippen LogP contribution in [0, 0.1) is 44.0 Å². The summed E-state index contributed by atoms with van der Waals surface area (Å²) >= 11 is 0. The maximum atomic E-state index is 9.34. The minimum Gasteiger partial charge on any atom is -0.500 e. The van der Waals surface area contributed by atoms with Gasteiger partial charge in [-0.05, 0) is 75.8 Å². The summed E-state index contributed by atoms with van der Waals surface area (Å²) in [5.41, 5.74) is 5.67. The van der Waals surface area contributed by atoms with Gasteiger partial charge in [0.1, 0.15) is 5.58 Å². The standard InChI is InChI=1S/C30H19N2O.C16H18N.Ir/c1-18-14-20(16-31)10-12-22(18)27-15-28(32-17-19(27)2)26-9-5-8-24-25-13-11-21-6-3-4-7-23(21)29(25)33-30(24)26;1-12-5-7-13(8-6-12)15-10-9-14(11-17-15)16(2,3)4;/h3-8,10-15,17H,1-2H3;5-7,9-11H,1-4H3;/q2*-1;/i1D3,2D3;1D3;. The molecule has 0 aliphatic heterocycles. The number of furan rings is 1. The predicted octanol–water partition coefficient (Wildman–Crippen LogP) is 11.9. The van der Waals surface area contributed by atoms with Crippen LogP contribution >= 0.6 is 0 Å². The Hall–Kier alpha value is -5.40. The van der Waals surface area contributed by atoms with Gasteiger partial charge in [-0.3, -0.25) is 0 Å². The van der Waals surface area contributed by atoms with Gasteiger partial charge < -0.3 is 14.4 Å². The summed E-state index contributed by atoms with van der Waals surface area (Å²) in [5.74, 6) is 0. The van der Waals surface area contributed by atoms with Gasteiger partial charge in [-0.1, -0.05) is 99.2 Å². The third-order valence-electron chi connectivity index (χ3n) is 8.64. The molecule has 0 fully saturated rings. The fourth-order valence-electron chi connectivity index (χ4n) is 5.90. The van der Waals surface area contributed by atoms with Crippen molar-refractivity contribution in [3.8, 4) is 39.7 Å². The number of aromatic nitrogens is 2. The van der Waals surface area contributed by atoms with E-state index in [1.54, 1.807) is 24.3 Å². The molecule has 5 heteroatoms. The number of rotatable bonds is 3. The summed E-state index contributed by atoms with van der Waals surface area (Å²) in [6, 6.07) is 38.4. The number of fused-ring (bicyclic) bond motifs is 5.